The molecule has 30 heavy (non-hydrogen) atoms. The maximum absolute atomic E-state index is 13.9. The molecular formula is C28H24O2. The number of carbonyl (C=O) groups is 2. The van der Waals surface area contributed by atoms with Gasteiger partial charge in [0, 0.05) is 11.5 Å². The Hall–Kier alpha value is -3.26. The Balaban J connectivity index is 1.76. The van der Waals surface area contributed by atoms with Crippen LogP contribution in [0.5, 0.6) is 0 Å². The Morgan fingerprint density at radius 3 is 1.73 bits per heavy atom. The minimum absolute atomic E-state index is 0.0655. The zero-order valence-corrected chi connectivity index (χ0v) is 17.3. The fraction of sp³-hybridized carbons (Fsp3) is 0.214. The van der Waals surface area contributed by atoms with Crippen molar-refractivity contribution in [3.63, 3.8) is 0 Å². The monoisotopic (exact) mass is 392 g/mol. The lowest BCUT2D eigenvalue weighted by atomic mass is 9.65. The van der Waals surface area contributed by atoms with Gasteiger partial charge in [-0.05, 0) is 42.5 Å². The quantitative estimate of drug-likeness (QED) is 0.503. The van der Waals surface area contributed by atoms with E-state index in [1.807, 2.05) is 80.6 Å². The topological polar surface area (TPSA) is 34.1 Å². The molecule has 2 heteroatoms. The van der Waals surface area contributed by atoms with E-state index < -0.39 is 10.8 Å². The summed E-state index contributed by atoms with van der Waals surface area (Å²) in [4.78, 5) is 27.5. The van der Waals surface area contributed by atoms with E-state index >= 15 is 0 Å². The third-order valence-corrected chi connectivity index (χ3v) is 7.10. The summed E-state index contributed by atoms with van der Waals surface area (Å²) in [5.74, 6) is -0.127. The second-order valence-electron chi connectivity index (χ2n) is 8.83. The van der Waals surface area contributed by atoms with Gasteiger partial charge in [-0.15, -0.1) is 0 Å². The van der Waals surface area contributed by atoms with Crippen LogP contribution in [0, 0.1) is 16.7 Å². The van der Waals surface area contributed by atoms with E-state index in [-0.39, 0.29) is 17.5 Å². The number of carbonyl (C=O) groups excluding carboxylic acids is 2. The highest BCUT2D eigenvalue weighted by Crippen LogP contribution is 2.69. The molecular weight excluding hydrogens is 368 g/mol. The van der Waals surface area contributed by atoms with E-state index in [1.165, 1.54) is 0 Å². The van der Waals surface area contributed by atoms with Gasteiger partial charge >= 0.3 is 0 Å². The Bertz CT molecular complexity index is 1160. The molecule has 0 aliphatic heterocycles. The van der Waals surface area contributed by atoms with Crippen LogP contribution in [0.2, 0.25) is 0 Å². The summed E-state index contributed by atoms with van der Waals surface area (Å²) < 4.78 is 0. The van der Waals surface area contributed by atoms with Gasteiger partial charge in [-0.25, -0.2) is 0 Å². The van der Waals surface area contributed by atoms with E-state index in [1.54, 1.807) is 0 Å². The number of allylic oxidation sites excluding steroid dienone is 2. The molecule has 3 atom stereocenters. The van der Waals surface area contributed by atoms with Crippen LogP contribution in [-0.2, 0) is 4.79 Å². The lowest BCUT2D eigenvalue weighted by molar-refractivity contribution is -0.127. The van der Waals surface area contributed by atoms with Crippen LogP contribution in [0.1, 0.15) is 41.8 Å². The molecule has 2 aliphatic carbocycles. The highest BCUT2D eigenvalue weighted by molar-refractivity contribution is 6.25. The summed E-state index contributed by atoms with van der Waals surface area (Å²) in [5.41, 5.74) is 3.37. The van der Waals surface area contributed by atoms with E-state index in [9.17, 15) is 9.59 Å². The Labute approximate surface area is 177 Å². The molecule has 148 valence electrons. The Morgan fingerprint density at radius 1 is 0.733 bits per heavy atom. The van der Waals surface area contributed by atoms with E-state index in [0.717, 1.165) is 22.3 Å². The molecule has 0 heterocycles. The van der Waals surface area contributed by atoms with Gasteiger partial charge in [0.25, 0.3) is 0 Å². The minimum Gasteiger partial charge on any atom is -0.298 e. The van der Waals surface area contributed by atoms with Crippen molar-refractivity contribution in [2.45, 2.75) is 20.3 Å². The van der Waals surface area contributed by atoms with Crippen LogP contribution in [0.25, 0.3) is 11.1 Å². The summed E-state index contributed by atoms with van der Waals surface area (Å²) in [7, 11) is 0. The molecule has 0 spiro atoms. The van der Waals surface area contributed by atoms with Crippen molar-refractivity contribution in [1.29, 1.82) is 0 Å². The molecule has 2 bridgehead atoms. The zero-order valence-electron chi connectivity index (χ0n) is 17.3. The maximum atomic E-state index is 13.9. The SMILES string of the molecule is C[C@@]12C[C@H](C(=O)c3ccccc3)[C@@](C)(C1=O)C(c1ccccc1)=C2c1ccccc1. The van der Waals surface area contributed by atoms with Gasteiger partial charge in [0.15, 0.2) is 11.6 Å². The van der Waals surface area contributed by atoms with Gasteiger partial charge in [0.1, 0.15) is 0 Å². The van der Waals surface area contributed by atoms with Crippen molar-refractivity contribution in [1.82, 2.24) is 0 Å². The number of Topliss-reactive ketones (excluding diaryl/α,β-unsaturated/α-hetero) is 2. The first-order valence-electron chi connectivity index (χ1n) is 10.5. The summed E-state index contributed by atoms with van der Waals surface area (Å²) in [5, 5.41) is 0. The van der Waals surface area contributed by atoms with Gasteiger partial charge < -0.3 is 0 Å². The fourth-order valence-corrected chi connectivity index (χ4v) is 5.75. The molecule has 0 amide bonds. The predicted octanol–water partition coefficient (Wildman–Crippen LogP) is 6.10. The lowest BCUT2D eigenvalue weighted by Gasteiger charge is -2.35. The molecule has 3 aromatic rings. The summed E-state index contributed by atoms with van der Waals surface area (Å²) in [6.07, 6.45) is 0.552. The molecule has 0 unspecified atom stereocenters. The molecule has 3 aromatic carbocycles. The van der Waals surface area contributed by atoms with E-state index in [2.05, 4.69) is 24.3 Å². The van der Waals surface area contributed by atoms with Crippen LogP contribution in [-0.4, -0.2) is 11.6 Å². The standard InChI is InChI=1S/C28H24O2/c1-27-18-22(25(29)21-16-10-5-11-17-21)28(2,26(27)30)24(20-14-8-4-9-15-20)23(27)19-12-6-3-7-13-19/h3-17,22H,18H2,1-2H3/t22-,27+,28-/m1/s1. The summed E-state index contributed by atoms with van der Waals surface area (Å²) >= 11 is 0. The molecule has 5 rings (SSSR count). The molecule has 0 aromatic heterocycles. The predicted molar refractivity (Wildman–Crippen MR) is 120 cm³/mol. The van der Waals surface area contributed by atoms with Crippen LogP contribution in [0.4, 0.5) is 0 Å². The van der Waals surface area contributed by atoms with Crippen LogP contribution in [0.3, 0.4) is 0 Å². The third-order valence-electron chi connectivity index (χ3n) is 7.10. The number of hydrogen-bond acceptors (Lipinski definition) is 2. The van der Waals surface area contributed by atoms with Gasteiger partial charge in [-0.2, -0.15) is 0 Å². The van der Waals surface area contributed by atoms with Crippen LogP contribution in [0.15, 0.2) is 91.0 Å². The highest BCUT2D eigenvalue weighted by atomic mass is 16.1. The minimum atomic E-state index is -0.839. The molecule has 0 N–H and O–H groups in total. The van der Waals surface area contributed by atoms with E-state index in [0.29, 0.717) is 12.0 Å². The maximum Gasteiger partial charge on any atom is 0.167 e. The Morgan fingerprint density at radius 2 is 1.20 bits per heavy atom. The van der Waals surface area contributed by atoms with Gasteiger partial charge in [0.05, 0.1) is 10.8 Å². The highest BCUT2D eigenvalue weighted by Gasteiger charge is 2.68. The number of ketones is 2. The zero-order chi connectivity index (χ0) is 20.9. The van der Waals surface area contributed by atoms with Gasteiger partial charge in [0.2, 0.25) is 0 Å². The smallest absolute Gasteiger partial charge is 0.167 e. The molecule has 2 aliphatic rings. The Kier molecular flexibility index (Phi) is 4.14. The molecule has 2 nitrogen and oxygen atoms in total. The molecule has 1 fully saturated rings. The van der Waals surface area contributed by atoms with Crippen molar-refractivity contribution in [3.8, 4) is 0 Å². The number of rotatable bonds is 4. The summed E-state index contributed by atoms with van der Waals surface area (Å²) in [6, 6.07) is 29.7. The lowest BCUT2D eigenvalue weighted by Crippen LogP contribution is -2.34. The van der Waals surface area contributed by atoms with Crippen molar-refractivity contribution in [3.05, 3.63) is 108 Å². The first-order valence-corrected chi connectivity index (χ1v) is 10.5. The first kappa shape index (κ1) is 18.7. The largest absolute Gasteiger partial charge is 0.298 e. The molecule has 0 radical (unpaired) electrons. The fourth-order valence-electron chi connectivity index (χ4n) is 5.75. The summed E-state index contributed by atoms with van der Waals surface area (Å²) in [6.45, 7) is 4.02. The number of fused-ring (bicyclic) bond motifs is 2. The molecule has 1 saturated carbocycles. The number of hydrogen-bond donors (Lipinski definition) is 0. The average molecular weight is 392 g/mol. The van der Waals surface area contributed by atoms with Crippen LogP contribution >= 0.6 is 0 Å². The van der Waals surface area contributed by atoms with Gasteiger partial charge in [-0.3, -0.25) is 9.59 Å². The number of benzene rings is 3. The second kappa shape index (κ2) is 6.63. The second-order valence-corrected chi connectivity index (χ2v) is 8.83. The van der Waals surface area contributed by atoms with Crippen molar-refractivity contribution >= 4 is 22.7 Å². The van der Waals surface area contributed by atoms with Crippen molar-refractivity contribution < 1.29 is 9.59 Å². The van der Waals surface area contributed by atoms with Gasteiger partial charge in [-0.1, -0.05) is 91.0 Å². The average Bonchev–Trinajstić information content (AvgIpc) is 3.11. The van der Waals surface area contributed by atoms with Crippen LogP contribution < -0.4 is 0 Å². The van der Waals surface area contributed by atoms with Crippen molar-refractivity contribution in [2.75, 3.05) is 0 Å². The van der Waals surface area contributed by atoms with Crippen molar-refractivity contribution in [2.24, 2.45) is 16.7 Å². The normalized spacial score (nSPS) is 27.5. The molecule has 0 saturated heterocycles. The van der Waals surface area contributed by atoms with E-state index in [4.69, 9.17) is 0 Å². The third kappa shape index (κ3) is 2.43. The first-order chi connectivity index (χ1) is 14.5.